The monoisotopic (exact) mass is 329 g/mol. The lowest BCUT2D eigenvalue weighted by molar-refractivity contribution is 0.305. The predicted molar refractivity (Wildman–Crippen MR) is 84.7 cm³/mol. The van der Waals surface area contributed by atoms with Crippen LogP contribution in [0.25, 0.3) is 0 Å². The van der Waals surface area contributed by atoms with E-state index in [-0.39, 0.29) is 16.5 Å². The topological polar surface area (TPSA) is 66.4 Å². The molecule has 116 valence electrons. The predicted octanol–water partition coefficient (Wildman–Crippen LogP) is 2.54. The molecule has 1 aromatic rings. The number of halogens is 1. The second-order valence-corrected chi connectivity index (χ2v) is 6.67. The fourth-order valence-corrected chi connectivity index (χ4v) is 3.29. The Labute approximate surface area is 131 Å². The first-order valence-corrected chi connectivity index (χ1v) is 8.76. The van der Waals surface area contributed by atoms with Gasteiger partial charge in [-0.3, -0.25) is 0 Å². The van der Waals surface area contributed by atoms with Crippen LogP contribution in [0.3, 0.4) is 0 Å². The number of aliphatic hydroxyl groups excluding tert-OH is 1. The van der Waals surface area contributed by atoms with E-state index in [4.69, 9.17) is 16.7 Å². The van der Waals surface area contributed by atoms with Gasteiger partial charge in [0.05, 0.1) is 11.6 Å². The van der Waals surface area contributed by atoms with Crippen LogP contribution >= 0.6 is 11.6 Å². The van der Waals surface area contributed by atoms with Gasteiger partial charge in [-0.2, -0.15) is 0 Å². The van der Waals surface area contributed by atoms with Gasteiger partial charge in [-0.15, -0.1) is 0 Å². The zero-order chi connectivity index (χ0) is 15.7. The highest BCUT2D eigenvalue weighted by atomic mass is 35.5. The van der Waals surface area contributed by atoms with Gasteiger partial charge < -0.3 is 5.11 Å². The molecule has 0 fully saturated rings. The summed E-state index contributed by atoms with van der Waals surface area (Å²) in [5, 5.41) is 8.80. The summed E-state index contributed by atoms with van der Waals surface area (Å²) in [4.78, 5) is 0.0633. The molecule has 0 saturated heterocycles. The van der Waals surface area contributed by atoms with Crippen molar-refractivity contribution in [3.05, 3.63) is 28.8 Å². The lowest BCUT2D eigenvalue weighted by Gasteiger charge is -2.08. The van der Waals surface area contributed by atoms with Gasteiger partial charge in [0.2, 0.25) is 10.0 Å². The number of aliphatic hydroxyl groups is 1. The number of benzene rings is 1. The molecule has 0 aromatic heterocycles. The fourth-order valence-electron chi connectivity index (χ4n) is 1.68. The third-order valence-electron chi connectivity index (χ3n) is 2.76. The highest BCUT2D eigenvalue weighted by Gasteiger charge is 2.17. The Morgan fingerprint density at radius 2 is 2.10 bits per heavy atom. The molecule has 0 aliphatic carbocycles. The van der Waals surface area contributed by atoms with Crippen molar-refractivity contribution in [1.29, 1.82) is 0 Å². The Morgan fingerprint density at radius 3 is 2.71 bits per heavy atom. The number of sulfonamides is 1. The van der Waals surface area contributed by atoms with E-state index in [2.05, 4.69) is 23.5 Å². The van der Waals surface area contributed by atoms with Crippen LogP contribution in [0.1, 0.15) is 38.2 Å². The lowest BCUT2D eigenvalue weighted by Crippen LogP contribution is -2.25. The van der Waals surface area contributed by atoms with Crippen molar-refractivity contribution < 1.29 is 13.5 Å². The van der Waals surface area contributed by atoms with Crippen molar-refractivity contribution in [2.75, 3.05) is 13.2 Å². The molecule has 6 heteroatoms. The average molecular weight is 330 g/mol. The van der Waals surface area contributed by atoms with E-state index in [1.165, 1.54) is 12.1 Å². The number of nitrogens with one attached hydrogen (secondary N) is 1. The molecule has 0 bridgehead atoms. The molecule has 1 rings (SSSR count). The minimum atomic E-state index is -3.58. The van der Waals surface area contributed by atoms with Gasteiger partial charge in [0, 0.05) is 18.5 Å². The standard InChI is InChI=1S/C15H20ClNO3S/c1-2-3-5-10-17-21(19,20)15-9-8-13(12-14(15)16)7-4-6-11-18/h8-9,12,17-18H,2-3,5-6,10-11H2,1H3. The highest BCUT2D eigenvalue weighted by molar-refractivity contribution is 7.89. The molecule has 2 N–H and O–H groups in total. The summed E-state index contributed by atoms with van der Waals surface area (Å²) in [6, 6.07) is 4.58. The average Bonchev–Trinajstić information content (AvgIpc) is 2.44. The molecule has 0 unspecified atom stereocenters. The normalized spacial score (nSPS) is 11.0. The van der Waals surface area contributed by atoms with E-state index in [9.17, 15) is 8.42 Å². The Bertz CT molecular complexity index is 618. The fraction of sp³-hybridized carbons (Fsp3) is 0.467. The number of rotatable bonds is 7. The SMILES string of the molecule is CCCCCNS(=O)(=O)c1ccc(C#CCCO)cc1Cl. The van der Waals surface area contributed by atoms with Gasteiger partial charge in [-0.25, -0.2) is 13.1 Å². The van der Waals surface area contributed by atoms with Crippen LogP contribution in [-0.2, 0) is 10.0 Å². The first-order valence-electron chi connectivity index (χ1n) is 6.90. The molecule has 0 heterocycles. The zero-order valence-electron chi connectivity index (χ0n) is 12.0. The minimum absolute atomic E-state index is 0.00508. The zero-order valence-corrected chi connectivity index (χ0v) is 13.6. The molecular weight excluding hydrogens is 310 g/mol. The van der Waals surface area contributed by atoms with Crippen molar-refractivity contribution in [3.8, 4) is 11.8 Å². The Morgan fingerprint density at radius 1 is 1.33 bits per heavy atom. The Kier molecular flexibility index (Phi) is 7.76. The van der Waals surface area contributed by atoms with Crippen molar-refractivity contribution in [3.63, 3.8) is 0 Å². The van der Waals surface area contributed by atoms with Crippen LogP contribution in [0.5, 0.6) is 0 Å². The largest absolute Gasteiger partial charge is 0.395 e. The van der Waals surface area contributed by atoms with E-state index in [1.807, 2.05) is 0 Å². The maximum Gasteiger partial charge on any atom is 0.242 e. The Balaban J connectivity index is 2.82. The molecule has 0 aliphatic rings. The molecular formula is C15H20ClNO3S. The van der Waals surface area contributed by atoms with E-state index in [1.54, 1.807) is 6.07 Å². The molecule has 0 spiro atoms. The van der Waals surface area contributed by atoms with Gasteiger partial charge >= 0.3 is 0 Å². The molecule has 1 aromatic carbocycles. The maximum absolute atomic E-state index is 12.1. The highest BCUT2D eigenvalue weighted by Crippen LogP contribution is 2.22. The van der Waals surface area contributed by atoms with Crippen LogP contribution in [0.15, 0.2) is 23.1 Å². The second-order valence-electron chi connectivity index (χ2n) is 4.53. The van der Waals surface area contributed by atoms with Crippen LogP contribution in [0, 0.1) is 11.8 Å². The quantitative estimate of drug-likeness (QED) is 0.597. The summed E-state index contributed by atoms with van der Waals surface area (Å²) in [6.45, 7) is 2.46. The van der Waals surface area contributed by atoms with E-state index >= 15 is 0 Å². The molecule has 21 heavy (non-hydrogen) atoms. The molecule has 0 amide bonds. The summed E-state index contributed by atoms with van der Waals surface area (Å²) in [5.74, 6) is 5.58. The molecule has 0 saturated carbocycles. The number of unbranched alkanes of at least 4 members (excludes halogenated alkanes) is 2. The van der Waals surface area contributed by atoms with E-state index < -0.39 is 10.0 Å². The van der Waals surface area contributed by atoms with Crippen molar-refractivity contribution >= 4 is 21.6 Å². The molecule has 0 radical (unpaired) electrons. The van der Waals surface area contributed by atoms with Crippen LogP contribution in [-0.4, -0.2) is 26.7 Å². The summed E-state index contributed by atoms with van der Waals surface area (Å²) in [5.41, 5.74) is 0.624. The van der Waals surface area contributed by atoms with Crippen LogP contribution in [0.2, 0.25) is 5.02 Å². The maximum atomic E-state index is 12.1. The van der Waals surface area contributed by atoms with Gasteiger partial charge in [-0.1, -0.05) is 43.2 Å². The third kappa shape index (κ3) is 6.06. The lowest BCUT2D eigenvalue weighted by atomic mass is 10.2. The minimum Gasteiger partial charge on any atom is -0.395 e. The molecule has 4 nitrogen and oxygen atoms in total. The number of hydrogen-bond donors (Lipinski definition) is 2. The smallest absolute Gasteiger partial charge is 0.242 e. The summed E-state index contributed by atoms with van der Waals surface area (Å²) in [6.07, 6.45) is 3.19. The first-order chi connectivity index (χ1) is 10.0. The van der Waals surface area contributed by atoms with Gasteiger partial charge in [0.15, 0.2) is 0 Å². The van der Waals surface area contributed by atoms with E-state index in [0.29, 0.717) is 18.5 Å². The van der Waals surface area contributed by atoms with Crippen molar-refractivity contribution in [1.82, 2.24) is 4.72 Å². The summed E-state index contributed by atoms with van der Waals surface area (Å²) < 4.78 is 26.8. The van der Waals surface area contributed by atoms with Crippen molar-refractivity contribution in [2.45, 2.75) is 37.5 Å². The summed E-state index contributed by atoms with van der Waals surface area (Å²) in [7, 11) is -3.58. The number of hydrogen-bond acceptors (Lipinski definition) is 3. The van der Waals surface area contributed by atoms with Gasteiger partial charge in [0.25, 0.3) is 0 Å². The van der Waals surface area contributed by atoms with Crippen LogP contribution < -0.4 is 4.72 Å². The van der Waals surface area contributed by atoms with Gasteiger partial charge in [0.1, 0.15) is 4.90 Å². The molecule has 0 aliphatic heterocycles. The van der Waals surface area contributed by atoms with E-state index in [0.717, 1.165) is 19.3 Å². The van der Waals surface area contributed by atoms with Crippen molar-refractivity contribution in [2.24, 2.45) is 0 Å². The first kappa shape index (κ1) is 18.0. The summed E-state index contributed by atoms with van der Waals surface area (Å²) >= 11 is 6.03. The van der Waals surface area contributed by atoms with Crippen LogP contribution in [0.4, 0.5) is 0 Å². The Hall–Kier alpha value is -1.06. The van der Waals surface area contributed by atoms with Gasteiger partial charge in [-0.05, 0) is 24.6 Å². The molecule has 0 atom stereocenters. The second kappa shape index (κ2) is 9.06. The third-order valence-corrected chi connectivity index (χ3v) is 4.71.